The fourth-order valence-corrected chi connectivity index (χ4v) is 2.43. The smallest absolute Gasteiger partial charge is 0.411 e. The van der Waals surface area contributed by atoms with E-state index in [2.05, 4.69) is 0 Å². The molecule has 1 amide bonds. The summed E-state index contributed by atoms with van der Waals surface area (Å²) in [6, 6.07) is -1.02. The van der Waals surface area contributed by atoms with Gasteiger partial charge in [0, 0.05) is 0 Å². The maximum atomic E-state index is 11.9. The summed E-state index contributed by atoms with van der Waals surface area (Å²) >= 11 is 0. The molecule has 2 aliphatic rings. The van der Waals surface area contributed by atoms with E-state index >= 15 is 0 Å². The first-order valence-corrected chi connectivity index (χ1v) is 6.84. The number of carbonyl (C=O) groups is 2. The summed E-state index contributed by atoms with van der Waals surface area (Å²) in [5.74, 6) is -1.13. The average Bonchev–Trinajstić information content (AvgIpc) is 3.01. The number of amides is 1. The molecular formula is C13H21NO6. The molecule has 0 spiro atoms. The van der Waals surface area contributed by atoms with E-state index in [0.717, 1.165) is 0 Å². The highest BCUT2D eigenvalue weighted by molar-refractivity contribution is 5.88. The summed E-state index contributed by atoms with van der Waals surface area (Å²) in [7, 11) is 0. The summed E-state index contributed by atoms with van der Waals surface area (Å²) in [6.45, 7) is 7.89. The van der Waals surface area contributed by atoms with Gasteiger partial charge in [0.1, 0.15) is 6.10 Å². The van der Waals surface area contributed by atoms with Crippen LogP contribution >= 0.6 is 0 Å². The van der Waals surface area contributed by atoms with Gasteiger partial charge in [0.25, 0.3) is 0 Å². The van der Waals surface area contributed by atoms with Crippen LogP contribution in [-0.4, -0.2) is 60.8 Å². The van der Waals surface area contributed by atoms with Gasteiger partial charge in [-0.25, -0.2) is 9.59 Å². The van der Waals surface area contributed by atoms with E-state index in [-0.39, 0.29) is 25.4 Å². The molecule has 0 saturated carbocycles. The largest absolute Gasteiger partial charge is 0.464 e. The Kier molecular flexibility index (Phi) is 4.19. The molecule has 2 aliphatic heterocycles. The Morgan fingerprint density at radius 1 is 1.25 bits per heavy atom. The minimum Gasteiger partial charge on any atom is -0.464 e. The maximum absolute atomic E-state index is 11.9. The lowest BCUT2D eigenvalue weighted by Crippen LogP contribution is -2.28. The molecule has 114 valence electrons. The number of hydrogen-bond acceptors (Lipinski definition) is 6. The van der Waals surface area contributed by atoms with Crippen LogP contribution < -0.4 is 0 Å². The van der Waals surface area contributed by atoms with Crippen molar-refractivity contribution in [2.75, 3.05) is 19.8 Å². The van der Waals surface area contributed by atoms with Crippen molar-refractivity contribution in [1.29, 1.82) is 0 Å². The minimum absolute atomic E-state index is 0.255. The van der Waals surface area contributed by atoms with Gasteiger partial charge in [-0.2, -0.15) is 0 Å². The second-order valence-electron chi connectivity index (χ2n) is 5.16. The summed E-state index contributed by atoms with van der Waals surface area (Å²) in [4.78, 5) is 25.1. The van der Waals surface area contributed by atoms with Crippen molar-refractivity contribution in [3.8, 4) is 0 Å². The first-order valence-electron chi connectivity index (χ1n) is 6.84. The maximum Gasteiger partial charge on any atom is 0.411 e. The van der Waals surface area contributed by atoms with Crippen LogP contribution in [0.3, 0.4) is 0 Å². The van der Waals surface area contributed by atoms with E-state index in [1.54, 1.807) is 27.7 Å². The summed E-state index contributed by atoms with van der Waals surface area (Å²) in [5.41, 5.74) is 0. The lowest BCUT2D eigenvalue weighted by atomic mass is 10.2. The lowest BCUT2D eigenvalue weighted by molar-refractivity contribution is -0.145. The molecule has 2 saturated heterocycles. The van der Waals surface area contributed by atoms with Crippen molar-refractivity contribution in [2.45, 2.75) is 51.7 Å². The van der Waals surface area contributed by atoms with Gasteiger partial charge in [0.05, 0.1) is 25.9 Å². The molecule has 7 nitrogen and oxygen atoms in total. The molecule has 3 atom stereocenters. The van der Waals surface area contributed by atoms with E-state index in [9.17, 15) is 9.59 Å². The molecule has 0 unspecified atom stereocenters. The van der Waals surface area contributed by atoms with Gasteiger partial charge in [0.2, 0.25) is 0 Å². The first kappa shape index (κ1) is 15.1. The summed E-state index contributed by atoms with van der Waals surface area (Å²) < 4.78 is 21.1. The Labute approximate surface area is 118 Å². The van der Waals surface area contributed by atoms with Gasteiger partial charge >= 0.3 is 12.1 Å². The Balaban J connectivity index is 2.05. The Morgan fingerprint density at radius 3 is 2.40 bits per heavy atom. The zero-order valence-electron chi connectivity index (χ0n) is 12.3. The Bertz CT molecular complexity index is 372. The second-order valence-corrected chi connectivity index (χ2v) is 5.16. The van der Waals surface area contributed by atoms with E-state index in [4.69, 9.17) is 18.9 Å². The van der Waals surface area contributed by atoms with Crippen LogP contribution in [0, 0.1) is 0 Å². The normalized spacial score (nSPS) is 31.0. The molecule has 0 radical (unpaired) electrons. The predicted molar refractivity (Wildman–Crippen MR) is 68.0 cm³/mol. The third kappa shape index (κ3) is 2.88. The number of hydrogen-bond donors (Lipinski definition) is 0. The highest BCUT2D eigenvalue weighted by atomic mass is 16.7. The van der Waals surface area contributed by atoms with Crippen molar-refractivity contribution in [3.63, 3.8) is 0 Å². The van der Waals surface area contributed by atoms with Gasteiger partial charge in [0.15, 0.2) is 11.8 Å². The fraction of sp³-hybridized carbons (Fsp3) is 0.846. The van der Waals surface area contributed by atoms with E-state index < -0.39 is 23.9 Å². The molecule has 2 heterocycles. The van der Waals surface area contributed by atoms with Crippen LogP contribution in [0.1, 0.15) is 27.7 Å². The minimum atomic E-state index is -0.702. The van der Waals surface area contributed by atoms with Crippen molar-refractivity contribution < 1.29 is 28.5 Å². The van der Waals surface area contributed by atoms with Crippen LogP contribution in [0.5, 0.6) is 0 Å². The number of ether oxygens (including phenoxy) is 4. The number of carbonyl (C=O) groups excluding carboxylic acids is 2. The highest BCUT2D eigenvalue weighted by Crippen LogP contribution is 2.39. The first-order chi connectivity index (χ1) is 9.41. The van der Waals surface area contributed by atoms with Crippen LogP contribution in [0.15, 0.2) is 0 Å². The SMILES string of the molecule is CCOC(=O)[C@@H]1[C@H]([C@@H]2COC(C)(C)O2)N1C(=O)OCC. The third-order valence-electron chi connectivity index (χ3n) is 3.27. The summed E-state index contributed by atoms with van der Waals surface area (Å²) in [5, 5.41) is 0. The zero-order chi connectivity index (χ0) is 14.9. The molecule has 0 aromatic carbocycles. The topological polar surface area (TPSA) is 74.1 Å². The van der Waals surface area contributed by atoms with Crippen LogP contribution in [0.2, 0.25) is 0 Å². The van der Waals surface area contributed by atoms with Crippen molar-refractivity contribution in [2.24, 2.45) is 0 Å². The summed E-state index contributed by atoms with van der Waals surface area (Å²) in [6.07, 6.45) is -0.868. The zero-order valence-corrected chi connectivity index (χ0v) is 12.3. The fourth-order valence-electron chi connectivity index (χ4n) is 2.43. The van der Waals surface area contributed by atoms with E-state index in [0.29, 0.717) is 6.61 Å². The van der Waals surface area contributed by atoms with Crippen molar-refractivity contribution >= 4 is 12.1 Å². The van der Waals surface area contributed by atoms with Crippen molar-refractivity contribution in [3.05, 3.63) is 0 Å². The molecule has 0 aromatic rings. The quantitative estimate of drug-likeness (QED) is 0.565. The van der Waals surface area contributed by atoms with Gasteiger partial charge in [-0.3, -0.25) is 4.90 Å². The van der Waals surface area contributed by atoms with E-state index in [1.807, 2.05) is 0 Å². The molecule has 0 aromatic heterocycles. The van der Waals surface area contributed by atoms with Gasteiger partial charge < -0.3 is 18.9 Å². The standard InChI is InChI=1S/C13H21NO6/c1-5-17-11(15)10-9(14(10)12(16)18-6-2)8-7-19-13(3,4)20-8/h8-10H,5-7H2,1-4H3/t8-,9-,10-,14?/m0/s1. The van der Waals surface area contributed by atoms with E-state index in [1.165, 1.54) is 4.90 Å². The molecule has 20 heavy (non-hydrogen) atoms. The molecular weight excluding hydrogens is 266 g/mol. The molecule has 0 aliphatic carbocycles. The van der Waals surface area contributed by atoms with Crippen LogP contribution in [-0.2, 0) is 23.7 Å². The third-order valence-corrected chi connectivity index (χ3v) is 3.27. The molecule has 0 N–H and O–H groups in total. The van der Waals surface area contributed by atoms with Crippen LogP contribution in [0.25, 0.3) is 0 Å². The van der Waals surface area contributed by atoms with Gasteiger partial charge in [-0.1, -0.05) is 0 Å². The molecule has 2 rings (SSSR count). The molecule has 7 heteroatoms. The number of rotatable bonds is 4. The van der Waals surface area contributed by atoms with Gasteiger partial charge in [-0.15, -0.1) is 0 Å². The Hall–Kier alpha value is -1.34. The predicted octanol–water partition coefficient (Wildman–Crippen LogP) is 0.910. The monoisotopic (exact) mass is 287 g/mol. The number of esters is 1. The number of nitrogens with zero attached hydrogens (tertiary/aromatic N) is 1. The van der Waals surface area contributed by atoms with Crippen molar-refractivity contribution in [1.82, 2.24) is 4.90 Å². The highest BCUT2D eigenvalue weighted by Gasteiger charge is 2.63. The second kappa shape index (κ2) is 5.57. The van der Waals surface area contributed by atoms with Gasteiger partial charge in [-0.05, 0) is 27.7 Å². The van der Waals surface area contributed by atoms with Crippen LogP contribution in [0.4, 0.5) is 4.79 Å². The molecule has 2 fully saturated rings. The Morgan fingerprint density at radius 2 is 1.90 bits per heavy atom. The molecule has 0 bridgehead atoms. The average molecular weight is 287 g/mol. The lowest BCUT2D eigenvalue weighted by Gasteiger charge is -2.16.